The van der Waals surface area contributed by atoms with Crippen LogP contribution in [0.4, 0.5) is 5.69 Å². The van der Waals surface area contributed by atoms with Crippen LogP contribution in [0.1, 0.15) is 24.4 Å². The van der Waals surface area contributed by atoms with Gasteiger partial charge in [-0.25, -0.2) is 4.98 Å². The van der Waals surface area contributed by atoms with E-state index in [0.717, 1.165) is 27.5 Å². The van der Waals surface area contributed by atoms with Crippen molar-refractivity contribution in [3.8, 4) is 16.3 Å². The molecule has 0 saturated carbocycles. The Morgan fingerprint density at radius 3 is 2.64 bits per heavy atom. The zero-order chi connectivity index (χ0) is 25.1. The van der Waals surface area contributed by atoms with Gasteiger partial charge in [-0.15, -0.1) is 21.5 Å². The average molecular weight is 516 g/mol. The molecule has 5 rings (SSSR count). The lowest BCUT2D eigenvalue weighted by Gasteiger charge is -2.14. The van der Waals surface area contributed by atoms with Crippen LogP contribution in [0.15, 0.2) is 78.0 Å². The molecule has 0 radical (unpaired) electrons. The summed E-state index contributed by atoms with van der Waals surface area (Å²) in [5.41, 5.74) is 3.99. The van der Waals surface area contributed by atoms with Gasteiger partial charge < -0.3 is 14.6 Å². The molecule has 1 unspecified atom stereocenters. The van der Waals surface area contributed by atoms with Crippen LogP contribution in [-0.4, -0.2) is 31.4 Å². The van der Waals surface area contributed by atoms with Crippen LogP contribution in [0, 0.1) is 6.92 Å². The van der Waals surface area contributed by atoms with Crippen LogP contribution in [0.5, 0.6) is 5.75 Å². The number of aromatic nitrogens is 4. The third-order valence-corrected chi connectivity index (χ3v) is 7.67. The van der Waals surface area contributed by atoms with Crippen molar-refractivity contribution in [1.29, 1.82) is 0 Å². The van der Waals surface area contributed by atoms with Gasteiger partial charge in [-0.3, -0.25) is 4.79 Å². The topological polar surface area (TPSA) is 81.9 Å². The summed E-state index contributed by atoms with van der Waals surface area (Å²) in [5.74, 6) is 1.58. The van der Waals surface area contributed by atoms with Gasteiger partial charge in [0.1, 0.15) is 10.8 Å². The summed E-state index contributed by atoms with van der Waals surface area (Å²) in [6.45, 7) is 4.01. The van der Waals surface area contributed by atoms with Gasteiger partial charge in [0.2, 0.25) is 5.91 Å². The van der Waals surface area contributed by atoms with Gasteiger partial charge in [0.15, 0.2) is 17.1 Å². The molecule has 0 fully saturated rings. The SMILES string of the molecule is Cc1ccc2nc(-c3ccc(NC(=O)CSc4nnc(C(C)Oc5ccccc5)n4C)cc3)sc2c1. The van der Waals surface area contributed by atoms with Gasteiger partial charge in [0.05, 0.1) is 16.0 Å². The first-order valence-corrected chi connectivity index (χ1v) is 13.3. The number of thiazole rings is 1. The summed E-state index contributed by atoms with van der Waals surface area (Å²) in [5, 5.41) is 13.1. The third kappa shape index (κ3) is 5.42. The predicted octanol–water partition coefficient (Wildman–Crippen LogP) is 6.27. The Balaban J connectivity index is 1.17. The average Bonchev–Trinajstić information content (AvgIpc) is 3.46. The van der Waals surface area contributed by atoms with E-state index in [-0.39, 0.29) is 17.8 Å². The Labute approximate surface area is 217 Å². The molecule has 1 N–H and O–H groups in total. The number of hydrogen-bond donors (Lipinski definition) is 1. The van der Waals surface area contributed by atoms with Crippen molar-refractivity contribution in [1.82, 2.24) is 19.7 Å². The number of carbonyl (C=O) groups excluding carboxylic acids is 1. The van der Waals surface area contributed by atoms with E-state index in [1.54, 1.807) is 11.3 Å². The summed E-state index contributed by atoms with van der Waals surface area (Å²) < 4.78 is 8.98. The first kappa shape index (κ1) is 24.0. The first-order valence-electron chi connectivity index (χ1n) is 11.5. The molecule has 1 amide bonds. The van der Waals surface area contributed by atoms with Crippen LogP contribution in [-0.2, 0) is 11.8 Å². The monoisotopic (exact) mass is 515 g/mol. The van der Waals surface area contributed by atoms with Crippen molar-refractivity contribution >= 4 is 44.9 Å². The van der Waals surface area contributed by atoms with Gasteiger partial charge in [0.25, 0.3) is 0 Å². The first-order chi connectivity index (χ1) is 17.5. The van der Waals surface area contributed by atoms with E-state index >= 15 is 0 Å². The number of thioether (sulfide) groups is 1. The Kier molecular flexibility index (Phi) is 7.02. The fourth-order valence-electron chi connectivity index (χ4n) is 3.74. The number of hydrogen-bond acceptors (Lipinski definition) is 7. The molecule has 0 aliphatic carbocycles. The molecule has 0 bridgehead atoms. The summed E-state index contributed by atoms with van der Waals surface area (Å²) in [6.07, 6.45) is -0.272. The van der Waals surface area contributed by atoms with Gasteiger partial charge in [-0.05, 0) is 67.9 Å². The minimum atomic E-state index is -0.272. The van der Waals surface area contributed by atoms with Crippen LogP contribution in [0.3, 0.4) is 0 Å². The molecule has 0 aliphatic heterocycles. The fourth-order valence-corrected chi connectivity index (χ4v) is 5.53. The number of aryl methyl sites for hydroxylation is 1. The second-order valence-electron chi connectivity index (χ2n) is 8.38. The van der Waals surface area contributed by atoms with Gasteiger partial charge in [-0.2, -0.15) is 0 Å². The van der Waals surface area contributed by atoms with Gasteiger partial charge >= 0.3 is 0 Å². The van der Waals surface area contributed by atoms with E-state index in [1.165, 1.54) is 22.0 Å². The van der Waals surface area contributed by atoms with Crippen LogP contribution in [0.2, 0.25) is 0 Å². The molecule has 182 valence electrons. The number of para-hydroxylation sites is 1. The molecule has 0 saturated heterocycles. The minimum Gasteiger partial charge on any atom is -0.483 e. The van der Waals surface area contributed by atoms with E-state index in [9.17, 15) is 4.79 Å². The molecule has 7 nitrogen and oxygen atoms in total. The van der Waals surface area contributed by atoms with Crippen molar-refractivity contribution in [3.63, 3.8) is 0 Å². The number of anilines is 1. The largest absolute Gasteiger partial charge is 0.483 e. The number of benzene rings is 3. The molecule has 2 heterocycles. The molecule has 1 atom stereocenters. The predicted molar refractivity (Wildman–Crippen MR) is 146 cm³/mol. The number of carbonyl (C=O) groups is 1. The maximum absolute atomic E-state index is 12.6. The number of rotatable bonds is 8. The highest BCUT2D eigenvalue weighted by atomic mass is 32.2. The highest BCUT2D eigenvalue weighted by Gasteiger charge is 2.18. The van der Waals surface area contributed by atoms with E-state index in [0.29, 0.717) is 11.0 Å². The Bertz CT molecular complexity index is 1500. The van der Waals surface area contributed by atoms with E-state index < -0.39 is 0 Å². The Hall–Kier alpha value is -3.69. The zero-order valence-corrected chi connectivity index (χ0v) is 21.8. The maximum Gasteiger partial charge on any atom is 0.234 e. The quantitative estimate of drug-likeness (QED) is 0.245. The second-order valence-corrected chi connectivity index (χ2v) is 10.4. The molecule has 0 aliphatic rings. The molecular weight excluding hydrogens is 490 g/mol. The van der Waals surface area contributed by atoms with E-state index in [2.05, 4.69) is 34.6 Å². The fraction of sp³-hybridized carbons (Fsp3) is 0.185. The van der Waals surface area contributed by atoms with Crippen LogP contribution >= 0.6 is 23.1 Å². The van der Waals surface area contributed by atoms with Crippen LogP contribution in [0.25, 0.3) is 20.8 Å². The third-order valence-electron chi connectivity index (χ3n) is 5.58. The van der Waals surface area contributed by atoms with E-state index in [1.807, 2.05) is 79.2 Å². The van der Waals surface area contributed by atoms with Crippen molar-refractivity contribution in [3.05, 3.63) is 84.2 Å². The number of amides is 1. The number of fused-ring (bicyclic) bond motifs is 1. The van der Waals surface area contributed by atoms with Crippen LogP contribution < -0.4 is 10.1 Å². The zero-order valence-electron chi connectivity index (χ0n) is 20.1. The highest BCUT2D eigenvalue weighted by Crippen LogP contribution is 2.31. The summed E-state index contributed by atoms with van der Waals surface area (Å²) in [6, 6.07) is 23.6. The smallest absolute Gasteiger partial charge is 0.234 e. The maximum atomic E-state index is 12.6. The van der Waals surface area contributed by atoms with Crippen molar-refractivity contribution < 1.29 is 9.53 Å². The standard InChI is InChI=1S/C27H25N5O2S2/c1-17-9-14-22-23(15-17)36-26(29-22)19-10-12-20(13-11-19)28-24(33)16-35-27-31-30-25(32(27)3)18(2)34-21-7-5-4-6-8-21/h4-15,18H,16H2,1-3H3,(H,28,33). The highest BCUT2D eigenvalue weighted by molar-refractivity contribution is 7.99. The summed E-state index contributed by atoms with van der Waals surface area (Å²) in [7, 11) is 1.88. The molecule has 5 aromatic rings. The number of ether oxygens (including phenoxy) is 1. The van der Waals surface area contributed by atoms with E-state index in [4.69, 9.17) is 9.72 Å². The molecule has 9 heteroatoms. The molecule has 0 spiro atoms. The Morgan fingerprint density at radius 1 is 1.08 bits per heavy atom. The summed E-state index contributed by atoms with van der Waals surface area (Å²) in [4.78, 5) is 17.3. The summed E-state index contributed by atoms with van der Waals surface area (Å²) >= 11 is 3.01. The normalized spacial score (nSPS) is 12.0. The van der Waals surface area contributed by atoms with Crippen molar-refractivity contribution in [2.75, 3.05) is 11.1 Å². The molecule has 2 aromatic heterocycles. The second kappa shape index (κ2) is 10.5. The lowest BCUT2D eigenvalue weighted by molar-refractivity contribution is -0.113. The van der Waals surface area contributed by atoms with Crippen molar-refractivity contribution in [2.45, 2.75) is 25.1 Å². The lowest BCUT2D eigenvalue weighted by Crippen LogP contribution is -2.14. The molecule has 36 heavy (non-hydrogen) atoms. The van der Waals surface area contributed by atoms with Gasteiger partial charge in [-0.1, -0.05) is 36.0 Å². The number of nitrogens with one attached hydrogen (secondary N) is 1. The molecule has 3 aromatic carbocycles. The minimum absolute atomic E-state index is 0.110. The lowest BCUT2D eigenvalue weighted by atomic mass is 10.2. The number of nitrogens with zero attached hydrogens (tertiary/aromatic N) is 4. The molecular formula is C27H25N5O2S2. The Morgan fingerprint density at radius 2 is 1.86 bits per heavy atom. The van der Waals surface area contributed by atoms with Crippen molar-refractivity contribution in [2.24, 2.45) is 7.05 Å². The van der Waals surface area contributed by atoms with Gasteiger partial charge in [0, 0.05) is 18.3 Å².